The van der Waals surface area contributed by atoms with Gasteiger partial charge < -0.3 is 24.6 Å². The zero-order chi connectivity index (χ0) is 17.8. The number of amides is 2. The Bertz CT molecular complexity index is 643. The molecule has 2 saturated heterocycles. The van der Waals surface area contributed by atoms with Gasteiger partial charge in [-0.3, -0.25) is 9.59 Å². The van der Waals surface area contributed by atoms with Crippen LogP contribution in [-0.2, 0) is 14.3 Å². The third-order valence-electron chi connectivity index (χ3n) is 4.62. The van der Waals surface area contributed by atoms with Crippen molar-refractivity contribution in [3.63, 3.8) is 0 Å². The van der Waals surface area contributed by atoms with Gasteiger partial charge in [0.15, 0.2) is 0 Å². The summed E-state index contributed by atoms with van der Waals surface area (Å²) in [5.74, 6) is 0.808. The largest absolute Gasteiger partial charge is 0.494 e. The minimum atomic E-state index is -0.345. The summed E-state index contributed by atoms with van der Waals surface area (Å²) < 4.78 is 10.7. The van der Waals surface area contributed by atoms with Crippen LogP contribution in [0.2, 0.25) is 0 Å². The molecule has 0 unspecified atom stereocenters. The Hall–Kier alpha value is -2.28. The Labute approximate surface area is 147 Å². The van der Waals surface area contributed by atoms with Crippen molar-refractivity contribution in [3.8, 4) is 5.75 Å². The van der Waals surface area contributed by atoms with Crippen molar-refractivity contribution in [2.75, 3.05) is 50.2 Å². The van der Waals surface area contributed by atoms with Crippen molar-refractivity contribution in [2.24, 2.45) is 0 Å². The topological polar surface area (TPSA) is 71.1 Å². The standard InChI is InChI=1S/C18H25N3O4/c1-13(18(23)20-8-10-25-11-9-20)19-14-5-6-15(16(12-14)24-2)21-7-3-4-17(21)22/h5-6,12-13,19H,3-4,7-11H2,1-2H3/t13-/m1/s1. The second kappa shape index (κ2) is 7.74. The molecule has 136 valence electrons. The Balaban J connectivity index is 1.70. The molecule has 0 bridgehead atoms. The van der Waals surface area contributed by atoms with E-state index in [0.29, 0.717) is 45.0 Å². The number of morpholine rings is 1. The van der Waals surface area contributed by atoms with Crippen LogP contribution in [0, 0.1) is 0 Å². The SMILES string of the molecule is COc1cc(N[C@H](C)C(=O)N2CCOCC2)ccc1N1CCCC1=O. The fourth-order valence-electron chi connectivity index (χ4n) is 3.26. The summed E-state index contributed by atoms with van der Waals surface area (Å²) in [6, 6.07) is 5.24. The van der Waals surface area contributed by atoms with Crippen LogP contribution < -0.4 is 15.0 Å². The number of rotatable bonds is 5. The molecule has 0 aliphatic carbocycles. The Morgan fingerprint density at radius 2 is 2.04 bits per heavy atom. The van der Waals surface area contributed by atoms with Gasteiger partial charge in [0.05, 0.1) is 26.0 Å². The summed E-state index contributed by atoms with van der Waals surface area (Å²) in [4.78, 5) is 28.0. The molecule has 2 amide bonds. The molecule has 0 spiro atoms. The molecule has 2 heterocycles. The van der Waals surface area contributed by atoms with Gasteiger partial charge in [-0.05, 0) is 25.5 Å². The Morgan fingerprint density at radius 3 is 2.68 bits per heavy atom. The summed E-state index contributed by atoms with van der Waals surface area (Å²) in [6.45, 7) is 5.00. The van der Waals surface area contributed by atoms with Gasteiger partial charge >= 0.3 is 0 Å². The highest BCUT2D eigenvalue weighted by atomic mass is 16.5. The van der Waals surface area contributed by atoms with E-state index in [1.54, 1.807) is 12.0 Å². The summed E-state index contributed by atoms with van der Waals surface area (Å²) in [6.07, 6.45) is 1.45. The summed E-state index contributed by atoms with van der Waals surface area (Å²) in [5, 5.41) is 3.23. The van der Waals surface area contributed by atoms with Gasteiger partial charge in [-0.25, -0.2) is 0 Å². The summed E-state index contributed by atoms with van der Waals surface area (Å²) in [5.41, 5.74) is 1.57. The number of ether oxygens (including phenoxy) is 2. The first-order chi connectivity index (χ1) is 12.1. The van der Waals surface area contributed by atoms with E-state index >= 15 is 0 Å². The van der Waals surface area contributed by atoms with Gasteiger partial charge in [-0.1, -0.05) is 0 Å². The maximum atomic E-state index is 12.5. The lowest BCUT2D eigenvalue weighted by atomic mass is 10.2. The average molecular weight is 347 g/mol. The van der Waals surface area contributed by atoms with Crippen molar-refractivity contribution in [2.45, 2.75) is 25.8 Å². The highest BCUT2D eigenvalue weighted by Crippen LogP contribution is 2.34. The molecule has 1 aromatic rings. The van der Waals surface area contributed by atoms with Gasteiger partial charge in [0.25, 0.3) is 0 Å². The number of carbonyl (C=O) groups excluding carboxylic acids is 2. The summed E-state index contributed by atoms with van der Waals surface area (Å²) in [7, 11) is 1.59. The van der Waals surface area contributed by atoms with E-state index < -0.39 is 0 Å². The molecule has 2 aliphatic rings. The third kappa shape index (κ3) is 3.87. The molecule has 3 rings (SSSR count). The van der Waals surface area contributed by atoms with Gasteiger partial charge in [-0.15, -0.1) is 0 Å². The molecule has 7 heteroatoms. The second-order valence-electron chi connectivity index (χ2n) is 6.34. The molecule has 1 N–H and O–H groups in total. The number of methoxy groups -OCH3 is 1. The number of carbonyl (C=O) groups is 2. The average Bonchev–Trinajstić information content (AvgIpc) is 3.07. The van der Waals surface area contributed by atoms with Crippen molar-refractivity contribution >= 4 is 23.2 Å². The van der Waals surface area contributed by atoms with E-state index in [9.17, 15) is 9.59 Å². The van der Waals surface area contributed by atoms with Crippen LogP contribution in [0.1, 0.15) is 19.8 Å². The number of hydrogen-bond acceptors (Lipinski definition) is 5. The predicted octanol–water partition coefficient (Wildman–Crippen LogP) is 1.48. The fourth-order valence-corrected chi connectivity index (χ4v) is 3.26. The number of nitrogens with one attached hydrogen (secondary N) is 1. The molecule has 0 saturated carbocycles. The molecule has 1 aromatic carbocycles. The van der Waals surface area contributed by atoms with Crippen LogP contribution in [0.25, 0.3) is 0 Å². The molecular weight excluding hydrogens is 322 g/mol. The Morgan fingerprint density at radius 1 is 1.28 bits per heavy atom. The van der Waals surface area contributed by atoms with Gasteiger partial charge in [0.1, 0.15) is 11.8 Å². The number of anilines is 2. The number of benzene rings is 1. The predicted molar refractivity (Wildman–Crippen MR) is 95.1 cm³/mol. The minimum Gasteiger partial charge on any atom is -0.494 e. The maximum absolute atomic E-state index is 12.5. The van der Waals surface area contributed by atoms with Crippen LogP contribution in [0.15, 0.2) is 18.2 Å². The van der Waals surface area contributed by atoms with E-state index in [4.69, 9.17) is 9.47 Å². The molecule has 2 fully saturated rings. The van der Waals surface area contributed by atoms with Crippen LogP contribution >= 0.6 is 0 Å². The van der Waals surface area contributed by atoms with Crippen molar-refractivity contribution in [1.82, 2.24) is 4.90 Å². The van der Waals surface area contributed by atoms with Crippen LogP contribution in [-0.4, -0.2) is 62.7 Å². The first kappa shape index (κ1) is 17.5. The Kier molecular flexibility index (Phi) is 5.43. The quantitative estimate of drug-likeness (QED) is 0.874. The zero-order valence-corrected chi connectivity index (χ0v) is 14.8. The molecular formula is C18H25N3O4. The van der Waals surface area contributed by atoms with Crippen molar-refractivity contribution in [3.05, 3.63) is 18.2 Å². The molecule has 25 heavy (non-hydrogen) atoms. The van der Waals surface area contributed by atoms with Crippen molar-refractivity contribution in [1.29, 1.82) is 0 Å². The number of hydrogen-bond donors (Lipinski definition) is 1. The minimum absolute atomic E-state index is 0.0565. The van der Waals surface area contributed by atoms with E-state index in [-0.39, 0.29) is 17.9 Å². The lowest BCUT2D eigenvalue weighted by Gasteiger charge is -2.30. The second-order valence-corrected chi connectivity index (χ2v) is 6.34. The first-order valence-corrected chi connectivity index (χ1v) is 8.71. The van der Waals surface area contributed by atoms with E-state index in [0.717, 1.165) is 17.8 Å². The molecule has 0 aromatic heterocycles. The van der Waals surface area contributed by atoms with Gasteiger partial charge in [0, 0.05) is 37.8 Å². The number of nitrogens with zero attached hydrogens (tertiary/aromatic N) is 2. The molecule has 2 aliphatic heterocycles. The van der Waals surface area contributed by atoms with Crippen LogP contribution in [0.5, 0.6) is 5.75 Å². The molecule has 0 radical (unpaired) electrons. The monoisotopic (exact) mass is 347 g/mol. The van der Waals surface area contributed by atoms with E-state index in [1.807, 2.05) is 30.0 Å². The fraction of sp³-hybridized carbons (Fsp3) is 0.556. The van der Waals surface area contributed by atoms with Gasteiger partial charge in [-0.2, -0.15) is 0 Å². The lowest BCUT2D eigenvalue weighted by Crippen LogP contribution is -2.47. The molecule has 1 atom stereocenters. The lowest BCUT2D eigenvalue weighted by molar-refractivity contribution is -0.135. The summed E-state index contributed by atoms with van der Waals surface area (Å²) >= 11 is 0. The van der Waals surface area contributed by atoms with Crippen molar-refractivity contribution < 1.29 is 19.1 Å². The first-order valence-electron chi connectivity index (χ1n) is 8.71. The van der Waals surface area contributed by atoms with Crippen LogP contribution in [0.3, 0.4) is 0 Å². The highest BCUT2D eigenvalue weighted by Gasteiger charge is 2.25. The smallest absolute Gasteiger partial charge is 0.244 e. The van der Waals surface area contributed by atoms with Crippen LogP contribution in [0.4, 0.5) is 11.4 Å². The van der Waals surface area contributed by atoms with E-state index in [2.05, 4.69) is 5.32 Å². The zero-order valence-electron chi connectivity index (χ0n) is 14.8. The maximum Gasteiger partial charge on any atom is 0.244 e. The molecule has 7 nitrogen and oxygen atoms in total. The van der Waals surface area contributed by atoms with E-state index in [1.165, 1.54) is 0 Å². The highest BCUT2D eigenvalue weighted by molar-refractivity contribution is 5.97. The third-order valence-corrected chi connectivity index (χ3v) is 4.62. The normalized spacial score (nSPS) is 19.0. The van der Waals surface area contributed by atoms with Gasteiger partial charge in [0.2, 0.25) is 11.8 Å².